The fraction of sp³-hybridized carbons (Fsp3) is 0. The molecule has 0 fully saturated rings. The molecule has 2 nitrogen and oxygen atoms in total. The van der Waals surface area contributed by atoms with E-state index >= 15 is 0 Å². The Balaban J connectivity index is 2.50. The smallest absolute Gasteiger partial charge is 0.175 e. The van der Waals surface area contributed by atoms with Crippen LogP contribution in [0, 0.1) is 0 Å². The molecular weight excluding hydrogens is 256 g/mol. The lowest BCUT2D eigenvalue weighted by Crippen LogP contribution is -2.23. The van der Waals surface area contributed by atoms with Crippen LogP contribution in [-0.4, -0.2) is 5.11 Å². The Bertz CT molecular complexity index is 573. The lowest BCUT2D eigenvalue weighted by molar-refractivity contribution is 1.44. The largest absolute Gasteiger partial charge is 0.332 e. The van der Waals surface area contributed by atoms with Crippen molar-refractivity contribution in [3.05, 3.63) is 24.3 Å². The second-order valence-electron chi connectivity index (χ2n) is 3.59. The predicted molar refractivity (Wildman–Crippen MR) is 78.3 cm³/mol. The number of hydrogen-bond donors (Lipinski definition) is 4. The standard InChI is InChI=1S/C11H8N2S3/c14-7-3-1-5-9-6(13-11(16)12-5)2-4-8(15)10(7)9/h1-4,14-15H,(H2,12,13,16). The molecule has 0 aromatic heterocycles. The van der Waals surface area contributed by atoms with Crippen LogP contribution >= 0.6 is 37.5 Å². The van der Waals surface area contributed by atoms with Gasteiger partial charge < -0.3 is 10.6 Å². The Kier molecular flexibility index (Phi) is 2.27. The zero-order valence-electron chi connectivity index (χ0n) is 8.11. The summed E-state index contributed by atoms with van der Waals surface area (Å²) >= 11 is 14.1. The van der Waals surface area contributed by atoms with Crippen LogP contribution in [-0.2, 0) is 0 Å². The number of thiol groups is 2. The van der Waals surface area contributed by atoms with E-state index in [1.165, 1.54) is 0 Å². The highest BCUT2D eigenvalue weighted by Crippen LogP contribution is 2.40. The van der Waals surface area contributed by atoms with Crippen molar-refractivity contribution in [2.75, 3.05) is 10.6 Å². The summed E-state index contributed by atoms with van der Waals surface area (Å²) in [4.78, 5) is 1.84. The van der Waals surface area contributed by atoms with E-state index in [2.05, 4.69) is 35.9 Å². The van der Waals surface area contributed by atoms with Gasteiger partial charge >= 0.3 is 0 Å². The van der Waals surface area contributed by atoms with Gasteiger partial charge in [0.15, 0.2) is 5.11 Å². The van der Waals surface area contributed by atoms with E-state index in [4.69, 9.17) is 12.2 Å². The summed E-state index contributed by atoms with van der Waals surface area (Å²) in [6.45, 7) is 0. The molecule has 1 aliphatic rings. The molecule has 1 heterocycles. The maximum absolute atomic E-state index is 5.13. The molecule has 0 aliphatic carbocycles. The van der Waals surface area contributed by atoms with Gasteiger partial charge in [0.1, 0.15) is 0 Å². The maximum Gasteiger partial charge on any atom is 0.175 e. The summed E-state index contributed by atoms with van der Waals surface area (Å²) < 4.78 is 0. The fourth-order valence-electron chi connectivity index (χ4n) is 1.94. The molecule has 0 bridgehead atoms. The van der Waals surface area contributed by atoms with Gasteiger partial charge in [-0.05, 0) is 36.5 Å². The third-order valence-corrected chi connectivity index (χ3v) is 3.56. The van der Waals surface area contributed by atoms with Crippen molar-refractivity contribution < 1.29 is 0 Å². The van der Waals surface area contributed by atoms with Crippen molar-refractivity contribution in [3.63, 3.8) is 0 Å². The molecule has 2 N–H and O–H groups in total. The van der Waals surface area contributed by atoms with Gasteiger partial charge in [0.05, 0.1) is 11.4 Å². The van der Waals surface area contributed by atoms with Crippen molar-refractivity contribution in [2.24, 2.45) is 0 Å². The first-order valence-corrected chi connectivity index (χ1v) is 6.03. The molecule has 3 rings (SSSR count). The third-order valence-electron chi connectivity index (χ3n) is 2.61. The molecule has 2 aromatic rings. The van der Waals surface area contributed by atoms with Gasteiger partial charge in [0.2, 0.25) is 0 Å². The van der Waals surface area contributed by atoms with Gasteiger partial charge in [-0.15, -0.1) is 25.3 Å². The van der Waals surface area contributed by atoms with Crippen LogP contribution in [0.25, 0.3) is 10.8 Å². The zero-order valence-corrected chi connectivity index (χ0v) is 10.7. The van der Waals surface area contributed by atoms with Crippen LogP contribution in [0.3, 0.4) is 0 Å². The molecule has 0 saturated heterocycles. The second-order valence-corrected chi connectivity index (χ2v) is 4.97. The van der Waals surface area contributed by atoms with Gasteiger partial charge in [0.25, 0.3) is 0 Å². The molecule has 2 aromatic carbocycles. The molecule has 16 heavy (non-hydrogen) atoms. The molecule has 0 atom stereocenters. The topological polar surface area (TPSA) is 24.1 Å². The molecule has 0 radical (unpaired) electrons. The van der Waals surface area contributed by atoms with Crippen molar-refractivity contribution in [3.8, 4) is 0 Å². The molecule has 5 heteroatoms. The van der Waals surface area contributed by atoms with Crippen LogP contribution in [0.15, 0.2) is 34.1 Å². The number of rotatable bonds is 0. The highest BCUT2D eigenvalue weighted by atomic mass is 32.1. The van der Waals surface area contributed by atoms with E-state index in [-0.39, 0.29) is 0 Å². The van der Waals surface area contributed by atoms with Gasteiger partial charge in [0, 0.05) is 20.6 Å². The Morgan fingerprint density at radius 1 is 0.812 bits per heavy atom. The van der Waals surface area contributed by atoms with Crippen LogP contribution in [0.2, 0.25) is 0 Å². The lowest BCUT2D eigenvalue weighted by atomic mass is 10.1. The highest BCUT2D eigenvalue weighted by molar-refractivity contribution is 7.81. The summed E-state index contributed by atoms with van der Waals surface area (Å²) in [5, 5.41) is 9.02. The first kappa shape index (κ1) is 10.3. The maximum atomic E-state index is 5.13. The monoisotopic (exact) mass is 264 g/mol. The first-order valence-electron chi connectivity index (χ1n) is 4.72. The fourth-order valence-corrected chi connectivity index (χ4v) is 2.87. The van der Waals surface area contributed by atoms with E-state index in [0.717, 1.165) is 31.9 Å². The molecule has 0 spiro atoms. The first-order chi connectivity index (χ1) is 7.66. The average molecular weight is 264 g/mol. The quantitative estimate of drug-likeness (QED) is 0.432. The zero-order chi connectivity index (χ0) is 11.3. The Hall–Kier alpha value is -0.910. The van der Waals surface area contributed by atoms with Gasteiger partial charge in [-0.25, -0.2) is 0 Å². The Morgan fingerprint density at radius 2 is 1.31 bits per heavy atom. The van der Waals surface area contributed by atoms with Gasteiger partial charge in [-0.1, -0.05) is 0 Å². The summed E-state index contributed by atoms with van der Waals surface area (Å²) in [7, 11) is 0. The number of thiocarbonyl (C=S) groups is 1. The molecule has 0 saturated carbocycles. The molecule has 1 aliphatic heterocycles. The minimum absolute atomic E-state index is 0.618. The highest BCUT2D eigenvalue weighted by Gasteiger charge is 2.16. The summed E-state index contributed by atoms with van der Waals surface area (Å²) in [5.41, 5.74) is 2.00. The SMILES string of the molecule is S=C1Nc2ccc(S)c3c(S)ccc(c23)N1. The Morgan fingerprint density at radius 3 is 1.81 bits per heavy atom. The van der Waals surface area contributed by atoms with Gasteiger partial charge in [-0.2, -0.15) is 0 Å². The van der Waals surface area contributed by atoms with Crippen LogP contribution in [0.1, 0.15) is 0 Å². The lowest BCUT2D eigenvalue weighted by Gasteiger charge is -2.22. The minimum atomic E-state index is 0.618. The van der Waals surface area contributed by atoms with Crippen LogP contribution in [0.4, 0.5) is 11.4 Å². The average Bonchev–Trinajstić information content (AvgIpc) is 2.25. The molecule has 80 valence electrons. The normalized spacial score (nSPS) is 13.5. The predicted octanol–water partition coefficient (Wildman–Crippen LogP) is 3.54. The number of nitrogens with one attached hydrogen (secondary N) is 2. The van der Waals surface area contributed by atoms with Gasteiger partial charge in [-0.3, -0.25) is 0 Å². The number of anilines is 2. The summed E-state index contributed by atoms with van der Waals surface area (Å²) in [6.07, 6.45) is 0. The van der Waals surface area contributed by atoms with E-state index in [0.29, 0.717) is 5.11 Å². The van der Waals surface area contributed by atoms with E-state index in [1.54, 1.807) is 0 Å². The van der Waals surface area contributed by atoms with Crippen molar-refractivity contribution in [1.82, 2.24) is 0 Å². The third kappa shape index (κ3) is 1.39. The van der Waals surface area contributed by atoms with Crippen molar-refractivity contribution in [2.45, 2.75) is 9.79 Å². The van der Waals surface area contributed by atoms with Crippen molar-refractivity contribution in [1.29, 1.82) is 0 Å². The van der Waals surface area contributed by atoms with E-state index in [9.17, 15) is 0 Å². The molecule has 0 unspecified atom stereocenters. The molecular formula is C11H8N2S3. The Labute approximate surface area is 109 Å². The van der Waals surface area contributed by atoms with E-state index in [1.807, 2.05) is 24.3 Å². The second kappa shape index (κ2) is 3.55. The summed E-state index contributed by atoms with van der Waals surface area (Å²) in [6, 6.07) is 7.86. The molecule has 0 amide bonds. The summed E-state index contributed by atoms with van der Waals surface area (Å²) in [5.74, 6) is 0. The van der Waals surface area contributed by atoms with E-state index < -0.39 is 0 Å². The van der Waals surface area contributed by atoms with Crippen molar-refractivity contribution >= 4 is 64.7 Å². The van der Waals surface area contributed by atoms with Crippen LogP contribution in [0.5, 0.6) is 0 Å². The van der Waals surface area contributed by atoms with Crippen LogP contribution < -0.4 is 10.6 Å². The minimum Gasteiger partial charge on any atom is -0.332 e. The number of hydrogen-bond acceptors (Lipinski definition) is 3. The number of benzene rings is 2.